The Bertz CT molecular complexity index is 1490. The van der Waals surface area contributed by atoms with E-state index in [4.69, 9.17) is 9.47 Å². The van der Waals surface area contributed by atoms with Crippen molar-refractivity contribution in [2.24, 2.45) is 0 Å². The van der Waals surface area contributed by atoms with Gasteiger partial charge in [-0.1, -0.05) is 42.5 Å². The van der Waals surface area contributed by atoms with Gasteiger partial charge in [-0.25, -0.2) is 0 Å². The average molecular weight is 541 g/mol. The minimum absolute atomic E-state index is 0.0491. The molecule has 39 heavy (non-hydrogen) atoms. The SMILES string of the molecule is COCc1nn(Cc2ccc(Cn3ccccc3=O)cc2)cc1C(=O)NCc1cccc(OC)c1C(F)(F)F. The van der Waals surface area contributed by atoms with Crippen molar-refractivity contribution < 1.29 is 27.4 Å². The highest BCUT2D eigenvalue weighted by Crippen LogP contribution is 2.38. The summed E-state index contributed by atoms with van der Waals surface area (Å²) in [6.07, 6.45) is -1.38. The summed E-state index contributed by atoms with van der Waals surface area (Å²) in [6, 6.07) is 16.6. The Morgan fingerprint density at radius 3 is 2.33 bits per heavy atom. The van der Waals surface area contributed by atoms with E-state index in [1.165, 1.54) is 37.6 Å². The number of alkyl halides is 3. The van der Waals surface area contributed by atoms with E-state index in [2.05, 4.69) is 10.4 Å². The quantitative estimate of drug-likeness (QED) is 0.325. The van der Waals surface area contributed by atoms with Gasteiger partial charge in [-0.05, 0) is 28.8 Å². The molecule has 0 aliphatic carbocycles. The van der Waals surface area contributed by atoms with Gasteiger partial charge in [-0.15, -0.1) is 0 Å². The summed E-state index contributed by atoms with van der Waals surface area (Å²) < 4.78 is 54.1. The lowest BCUT2D eigenvalue weighted by molar-refractivity contribution is -0.139. The molecule has 2 aromatic heterocycles. The molecule has 1 amide bonds. The number of carbonyl (C=O) groups excluding carboxylic acids is 1. The van der Waals surface area contributed by atoms with E-state index in [0.29, 0.717) is 18.8 Å². The lowest BCUT2D eigenvalue weighted by atomic mass is 10.1. The first-order valence-corrected chi connectivity index (χ1v) is 12.0. The number of aromatic nitrogens is 3. The number of rotatable bonds is 10. The van der Waals surface area contributed by atoms with Gasteiger partial charge in [0, 0.05) is 32.1 Å². The second-order valence-electron chi connectivity index (χ2n) is 8.78. The van der Waals surface area contributed by atoms with Gasteiger partial charge in [0.25, 0.3) is 11.5 Å². The second-order valence-corrected chi connectivity index (χ2v) is 8.78. The van der Waals surface area contributed by atoms with Crippen molar-refractivity contribution >= 4 is 5.91 Å². The zero-order chi connectivity index (χ0) is 28.0. The maximum absolute atomic E-state index is 13.6. The minimum atomic E-state index is -4.65. The normalized spacial score (nSPS) is 11.4. The highest BCUT2D eigenvalue weighted by molar-refractivity contribution is 5.95. The summed E-state index contributed by atoms with van der Waals surface area (Å²) in [5.41, 5.74) is 1.28. The number of halogens is 3. The number of nitrogens with one attached hydrogen (secondary N) is 1. The molecular weight excluding hydrogens is 513 g/mol. The molecule has 0 bridgehead atoms. The van der Waals surface area contributed by atoms with Crippen molar-refractivity contribution in [2.75, 3.05) is 14.2 Å². The van der Waals surface area contributed by atoms with Gasteiger partial charge in [0.2, 0.25) is 0 Å². The molecular formula is C28H27F3N4O4. The van der Waals surface area contributed by atoms with Gasteiger partial charge in [0.15, 0.2) is 0 Å². The Hall–Kier alpha value is -4.38. The van der Waals surface area contributed by atoms with Crippen LogP contribution in [-0.2, 0) is 37.2 Å². The van der Waals surface area contributed by atoms with Gasteiger partial charge in [-0.3, -0.25) is 14.3 Å². The lowest BCUT2D eigenvalue weighted by Gasteiger charge is -2.16. The molecule has 0 aliphatic rings. The molecule has 4 rings (SSSR count). The summed E-state index contributed by atoms with van der Waals surface area (Å²) in [4.78, 5) is 24.9. The van der Waals surface area contributed by atoms with Gasteiger partial charge < -0.3 is 19.4 Å². The zero-order valence-electron chi connectivity index (χ0n) is 21.4. The van der Waals surface area contributed by atoms with Crippen molar-refractivity contribution in [3.05, 3.63) is 117 Å². The van der Waals surface area contributed by atoms with Crippen LogP contribution < -0.4 is 15.6 Å². The van der Waals surface area contributed by atoms with Crippen molar-refractivity contribution in [3.8, 4) is 5.75 Å². The smallest absolute Gasteiger partial charge is 0.420 e. The molecule has 2 heterocycles. The van der Waals surface area contributed by atoms with Gasteiger partial charge in [0.05, 0.1) is 32.4 Å². The summed E-state index contributed by atoms with van der Waals surface area (Å²) in [7, 11) is 2.62. The molecule has 11 heteroatoms. The van der Waals surface area contributed by atoms with Crippen LogP contribution in [0.25, 0.3) is 0 Å². The number of nitrogens with zero attached hydrogens (tertiary/aromatic N) is 3. The first-order chi connectivity index (χ1) is 18.7. The van der Waals surface area contributed by atoms with Crippen molar-refractivity contribution in [2.45, 2.75) is 32.4 Å². The largest absolute Gasteiger partial charge is 0.496 e. The van der Waals surface area contributed by atoms with Gasteiger partial charge in [-0.2, -0.15) is 18.3 Å². The molecule has 0 spiro atoms. The number of methoxy groups -OCH3 is 2. The Morgan fingerprint density at radius 2 is 1.69 bits per heavy atom. The first kappa shape index (κ1) is 27.6. The van der Waals surface area contributed by atoms with Crippen LogP contribution in [0.2, 0.25) is 0 Å². The molecule has 4 aromatic rings. The molecule has 204 valence electrons. The fourth-order valence-electron chi connectivity index (χ4n) is 4.19. The Labute approximate surface area is 222 Å². The van der Waals surface area contributed by atoms with Crippen LogP contribution in [0.1, 0.15) is 38.3 Å². The van der Waals surface area contributed by atoms with Gasteiger partial charge in [0.1, 0.15) is 17.0 Å². The third kappa shape index (κ3) is 6.74. The number of carbonyl (C=O) groups is 1. The molecule has 0 radical (unpaired) electrons. The van der Waals surface area contributed by atoms with Crippen LogP contribution in [0.3, 0.4) is 0 Å². The summed E-state index contributed by atoms with van der Waals surface area (Å²) >= 11 is 0. The summed E-state index contributed by atoms with van der Waals surface area (Å²) in [6.45, 7) is 0.485. The molecule has 0 aliphatic heterocycles. The Morgan fingerprint density at radius 1 is 0.974 bits per heavy atom. The number of ether oxygens (including phenoxy) is 2. The topological polar surface area (TPSA) is 87.4 Å². The molecule has 1 N–H and O–H groups in total. The fraction of sp³-hybridized carbons (Fsp3) is 0.250. The van der Waals surface area contributed by atoms with Crippen molar-refractivity contribution in [1.82, 2.24) is 19.7 Å². The predicted molar refractivity (Wildman–Crippen MR) is 137 cm³/mol. The number of hydrogen-bond donors (Lipinski definition) is 1. The fourth-order valence-corrected chi connectivity index (χ4v) is 4.19. The third-order valence-corrected chi connectivity index (χ3v) is 6.04. The molecule has 0 unspecified atom stereocenters. The van der Waals surface area contributed by atoms with Crippen LogP contribution in [-0.4, -0.2) is 34.5 Å². The van der Waals surface area contributed by atoms with E-state index < -0.39 is 17.6 Å². The zero-order valence-corrected chi connectivity index (χ0v) is 21.4. The van der Waals surface area contributed by atoms with Crippen LogP contribution in [0.4, 0.5) is 13.2 Å². The van der Waals surface area contributed by atoms with Crippen LogP contribution >= 0.6 is 0 Å². The van der Waals surface area contributed by atoms with Gasteiger partial charge >= 0.3 is 6.18 Å². The highest BCUT2D eigenvalue weighted by Gasteiger charge is 2.37. The summed E-state index contributed by atoms with van der Waals surface area (Å²) in [5, 5.41) is 7.00. The van der Waals surface area contributed by atoms with Crippen molar-refractivity contribution in [3.63, 3.8) is 0 Å². The number of pyridine rings is 1. The van der Waals surface area contributed by atoms with Crippen molar-refractivity contribution in [1.29, 1.82) is 0 Å². The molecule has 2 aromatic carbocycles. The number of benzene rings is 2. The van der Waals surface area contributed by atoms with Crippen LogP contribution in [0.15, 0.2) is 77.9 Å². The lowest BCUT2D eigenvalue weighted by Crippen LogP contribution is -2.25. The van der Waals surface area contributed by atoms with E-state index in [-0.39, 0.29) is 35.6 Å². The van der Waals surface area contributed by atoms with E-state index >= 15 is 0 Å². The molecule has 0 saturated carbocycles. The Kier molecular flexibility index (Phi) is 8.50. The van der Waals surface area contributed by atoms with E-state index in [1.807, 2.05) is 24.3 Å². The maximum Gasteiger partial charge on any atom is 0.420 e. The molecule has 0 saturated heterocycles. The van der Waals surface area contributed by atoms with Crippen LogP contribution in [0, 0.1) is 0 Å². The predicted octanol–water partition coefficient (Wildman–Crippen LogP) is 4.25. The molecule has 8 nitrogen and oxygen atoms in total. The second kappa shape index (κ2) is 12.0. The molecule has 0 fully saturated rings. The maximum atomic E-state index is 13.6. The monoisotopic (exact) mass is 540 g/mol. The van der Waals surface area contributed by atoms with E-state index in [1.54, 1.807) is 27.6 Å². The third-order valence-electron chi connectivity index (χ3n) is 6.04. The standard InChI is InChI=1S/C28H27F3N4O4/c1-38-18-23-22(27(37)32-14-21-6-5-7-24(39-2)26(21)28(29,30)31)17-35(33-23)16-20-11-9-19(10-12-20)15-34-13-4-3-8-25(34)36/h3-13,17H,14-16,18H2,1-2H3,(H,32,37). The minimum Gasteiger partial charge on any atom is -0.496 e. The van der Waals surface area contributed by atoms with E-state index in [9.17, 15) is 22.8 Å². The van der Waals surface area contributed by atoms with E-state index in [0.717, 1.165) is 18.2 Å². The molecule has 0 atom stereocenters. The highest BCUT2D eigenvalue weighted by atomic mass is 19.4. The Balaban J connectivity index is 1.48. The van der Waals surface area contributed by atoms with Crippen LogP contribution in [0.5, 0.6) is 5.75 Å². The number of hydrogen-bond acceptors (Lipinski definition) is 5. The number of amides is 1. The average Bonchev–Trinajstić information content (AvgIpc) is 3.31. The first-order valence-electron chi connectivity index (χ1n) is 12.0. The summed E-state index contributed by atoms with van der Waals surface area (Å²) in [5.74, 6) is -0.892.